The quantitative estimate of drug-likeness (QED) is 0.579. The third kappa shape index (κ3) is 4.99. The molecule has 0 radical (unpaired) electrons. The summed E-state index contributed by atoms with van der Waals surface area (Å²) < 4.78 is 7.73. The van der Waals surface area contributed by atoms with Gasteiger partial charge in [-0.1, -0.05) is 25.5 Å². The number of anilines is 1. The van der Waals surface area contributed by atoms with E-state index in [4.69, 9.17) is 4.74 Å². The number of fused-ring (bicyclic) bond motifs is 1. The number of carbonyl (C=O) groups is 2. The van der Waals surface area contributed by atoms with Crippen LogP contribution in [0.3, 0.4) is 0 Å². The average molecular weight is 418 g/mol. The molecule has 7 nitrogen and oxygen atoms in total. The highest BCUT2D eigenvalue weighted by molar-refractivity contribution is 5.96. The number of hydrogen-bond acceptors (Lipinski definition) is 5. The minimum absolute atomic E-state index is 0.0775. The lowest BCUT2D eigenvalue weighted by atomic mass is 10.1. The molecule has 2 aromatic carbocycles. The van der Waals surface area contributed by atoms with Crippen LogP contribution in [-0.4, -0.2) is 33.1 Å². The lowest BCUT2D eigenvalue weighted by molar-refractivity contribution is -0.118. The molecule has 0 saturated heterocycles. The number of aryl methyl sites for hydroxylation is 1. The Kier molecular flexibility index (Phi) is 6.40. The van der Waals surface area contributed by atoms with Crippen molar-refractivity contribution in [2.45, 2.75) is 45.6 Å². The lowest BCUT2D eigenvalue weighted by Crippen LogP contribution is -2.20. The van der Waals surface area contributed by atoms with Gasteiger partial charge in [-0.3, -0.25) is 9.59 Å². The summed E-state index contributed by atoms with van der Waals surface area (Å²) in [5.41, 5.74) is 2.25. The van der Waals surface area contributed by atoms with E-state index in [2.05, 4.69) is 20.1 Å². The van der Waals surface area contributed by atoms with Gasteiger partial charge in [-0.2, -0.15) is 0 Å². The summed E-state index contributed by atoms with van der Waals surface area (Å²) in [5, 5.41) is 11.6. The molecule has 0 fully saturated rings. The highest BCUT2D eigenvalue weighted by Crippen LogP contribution is 2.25. The number of carbonyl (C=O) groups excluding carboxylic acids is 2. The molecule has 1 amide bonds. The smallest absolute Gasteiger partial charge is 0.262 e. The van der Waals surface area contributed by atoms with Gasteiger partial charge >= 0.3 is 0 Å². The van der Waals surface area contributed by atoms with Crippen molar-refractivity contribution in [2.75, 3.05) is 11.9 Å². The minimum Gasteiger partial charge on any atom is -0.484 e. The number of nitrogens with zero attached hydrogens (tertiary/aromatic N) is 3. The summed E-state index contributed by atoms with van der Waals surface area (Å²) in [6.07, 6.45) is 4.88. The number of hydrogen-bond donors (Lipinski definition) is 1. The topological polar surface area (TPSA) is 86.1 Å². The highest BCUT2D eigenvalue weighted by atomic mass is 16.5. The van der Waals surface area contributed by atoms with Crippen molar-refractivity contribution in [3.63, 3.8) is 0 Å². The van der Waals surface area contributed by atoms with Crippen LogP contribution in [-0.2, 0) is 17.8 Å². The summed E-state index contributed by atoms with van der Waals surface area (Å²) in [6.45, 7) is 2.63. The summed E-state index contributed by atoms with van der Waals surface area (Å²) in [6, 6.07) is 14.5. The Bertz CT molecular complexity index is 1070. The van der Waals surface area contributed by atoms with Crippen molar-refractivity contribution in [3.8, 4) is 17.1 Å². The van der Waals surface area contributed by atoms with Crippen LogP contribution in [0.25, 0.3) is 11.4 Å². The molecule has 1 aromatic heterocycles. The van der Waals surface area contributed by atoms with Gasteiger partial charge in [0.05, 0.1) is 0 Å². The molecule has 1 aliphatic heterocycles. The Hall–Kier alpha value is -3.48. The second-order valence-corrected chi connectivity index (χ2v) is 7.62. The fourth-order valence-corrected chi connectivity index (χ4v) is 3.72. The monoisotopic (exact) mass is 418 g/mol. The number of rotatable bonds is 7. The van der Waals surface area contributed by atoms with Crippen LogP contribution in [0.15, 0.2) is 48.5 Å². The van der Waals surface area contributed by atoms with Crippen LogP contribution in [0.4, 0.5) is 5.69 Å². The van der Waals surface area contributed by atoms with Crippen LogP contribution in [0, 0.1) is 0 Å². The molecule has 1 aliphatic rings. The van der Waals surface area contributed by atoms with E-state index in [1.165, 1.54) is 6.42 Å². The number of ether oxygens (including phenoxy) is 1. The van der Waals surface area contributed by atoms with E-state index in [9.17, 15) is 9.59 Å². The third-order valence-electron chi connectivity index (χ3n) is 5.38. The zero-order chi connectivity index (χ0) is 21.6. The Balaban J connectivity index is 1.38. The molecule has 0 saturated carbocycles. The third-order valence-corrected chi connectivity index (χ3v) is 5.38. The molecule has 2 heterocycles. The predicted octanol–water partition coefficient (Wildman–Crippen LogP) is 4.28. The summed E-state index contributed by atoms with van der Waals surface area (Å²) in [5.74, 6) is 2.23. The first-order valence-corrected chi connectivity index (χ1v) is 10.7. The Morgan fingerprint density at radius 2 is 1.90 bits per heavy atom. The van der Waals surface area contributed by atoms with Gasteiger partial charge in [-0.25, -0.2) is 0 Å². The fourth-order valence-electron chi connectivity index (χ4n) is 3.72. The number of nitrogens with one attached hydrogen (secondary N) is 1. The average Bonchev–Trinajstić information content (AvgIpc) is 3.06. The van der Waals surface area contributed by atoms with Crippen molar-refractivity contribution in [1.82, 2.24) is 14.8 Å². The van der Waals surface area contributed by atoms with Crippen LogP contribution in [0.1, 0.15) is 48.8 Å². The van der Waals surface area contributed by atoms with E-state index in [1.807, 2.05) is 31.2 Å². The zero-order valence-electron chi connectivity index (χ0n) is 17.6. The van der Waals surface area contributed by atoms with Crippen molar-refractivity contribution in [3.05, 3.63) is 59.9 Å². The van der Waals surface area contributed by atoms with Gasteiger partial charge in [-0.15, -0.1) is 10.2 Å². The van der Waals surface area contributed by atoms with Gasteiger partial charge in [0.15, 0.2) is 18.2 Å². The normalized spacial score (nSPS) is 13.2. The maximum Gasteiger partial charge on any atom is 0.262 e. The Morgan fingerprint density at radius 1 is 1.06 bits per heavy atom. The first-order valence-electron chi connectivity index (χ1n) is 10.7. The number of Topliss-reactive ketones (excluding diaryl/α,β-unsaturated/α-hetero) is 1. The second-order valence-electron chi connectivity index (χ2n) is 7.62. The van der Waals surface area contributed by atoms with Crippen LogP contribution in [0.2, 0.25) is 0 Å². The fraction of sp³-hybridized carbons (Fsp3) is 0.333. The maximum atomic E-state index is 12.4. The van der Waals surface area contributed by atoms with E-state index in [0.29, 0.717) is 23.4 Å². The molecular weight excluding hydrogens is 392 g/mol. The van der Waals surface area contributed by atoms with Crippen LogP contribution >= 0.6 is 0 Å². The second kappa shape index (κ2) is 9.55. The van der Waals surface area contributed by atoms with Crippen molar-refractivity contribution < 1.29 is 14.3 Å². The first kappa shape index (κ1) is 20.8. The first-order chi connectivity index (χ1) is 15.1. The summed E-state index contributed by atoms with van der Waals surface area (Å²) >= 11 is 0. The highest BCUT2D eigenvalue weighted by Gasteiger charge is 2.16. The van der Waals surface area contributed by atoms with Gasteiger partial charge in [0.2, 0.25) is 0 Å². The van der Waals surface area contributed by atoms with Crippen molar-refractivity contribution >= 4 is 17.4 Å². The van der Waals surface area contributed by atoms with Crippen LogP contribution < -0.4 is 10.1 Å². The van der Waals surface area contributed by atoms with E-state index in [-0.39, 0.29) is 18.3 Å². The molecule has 0 unspecified atom stereocenters. The van der Waals surface area contributed by atoms with Gasteiger partial charge in [0.1, 0.15) is 11.6 Å². The van der Waals surface area contributed by atoms with E-state index < -0.39 is 0 Å². The molecule has 0 spiro atoms. The number of aromatic nitrogens is 3. The number of benzene rings is 2. The lowest BCUT2D eigenvalue weighted by Gasteiger charge is -2.10. The molecule has 0 aliphatic carbocycles. The van der Waals surface area contributed by atoms with E-state index in [0.717, 1.165) is 43.0 Å². The van der Waals surface area contributed by atoms with Crippen molar-refractivity contribution in [2.24, 2.45) is 0 Å². The van der Waals surface area contributed by atoms with Gasteiger partial charge in [-0.05, 0) is 49.2 Å². The SMILES string of the molecule is CCC(=O)c1ccc(OCC(=O)Nc2cccc(-c3nnc4n3CCCCC4)c2)cc1. The molecular formula is C24H26N4O3. The molecule has 1 N–H and O–H groups in total. The van der Waals surface area contributed by atoms with E-state index >= 15 is 0 Å². The molecule has 160 valence electrons. The minimum atomic E-state index is -0.258. The molecule has 0 atom stereocenters. The zero-order valence-corrected chi connectivity index (χ0v) is 17.6. The molecule has 31 heavy (non-hydrogen) atoms. The van der Waals surface area contributed by atoms with Gasteiger partial charge in [0, 0.05) is 36.2 Å². The van der Waals surface area contributed by atoms with Gasteiger partial charge in [0.25, 0.3) is 5.91 Å². The maximum absolute atomic E-state index is 12.4. The molecule has 4 rings (SSSR count). The summed E-state index contributed by atoms with van der Waals surface area (Å²) in [4.78, 5) is 24.0. The Morgan fingerprint density at radius 3 is 2.71 bits per heavy atom. The van der Waals surface area contributed by atoms with E-state index in [1.54, 1.807) is 24.3 Å². The van der Waals surface area contributed by atoms with Crippen LogP contribution in [0.5, 0.6) is 5.75 Å². The number of amides is 1. The molecule has 7 heteroatoms. The molecule has 0 bridgehead atoms. The largest absolute Gasteiger partial charge is 0.484 e. The van der Waals surface area contributed by atoms with Gasteiger partial charge < -0.3 is 14.6 Å². The number of ketones is 1. The Labute approximate surface area is 181 Å². The van der Waals surface area contributed by atoms with Crippen molar-refractivity contribution in [1.29, 1.82) is 0 Å². The summed E-state index contributed by atoms with van der Waals surface area (Å²) in [7, 11) is 0. The molecule has 3 aromatic rings. The standard InChI is InChI=1S/C24H26N4O3/c1-2-21(29)17-10-12-20(13-11-17)31-16-23(30)25-19-8-6-7-18(15-19)24-27-26-22-9-4-3-5-14-28(22)24/h6-8,10-13,15H,2-5,9,14,16H2,1H3,(H,25,30). The predicted molar refractivity (Wildman–Crippen MR) is 118 cm³/mol.